The summed E-state index contributed by atoms with van der Waals surface area (Å²) < 4.78 is 0. The summed E-state index contributed by atoms with van der Waals surface area (Å²) >= 11 is 0. The number of carbonyl (C=O) groups is 2. The molecule has 2 saturated carbocycles. The molecule has 2 aliphatic carbocycles. The number of nitrogens with zero attached hydrogens (tertiary/aromatic N) is 3. The Bertz CT molecular complexity index is 673. The van der Waals surface area contributed by atoms with Crippen LogP contribution < -0.4 is 0 Å². The van der Waals surface area contributed by atoms with E-state index in [0.717, 1.165) is 44.3 Å². The number of aromatic nitrogens is 2. The maximum atomic E-state index is 13.0. The van der Waals surface area contributed by atoms with Crippen molar-refractivity contribution in [1.82, 2.24) is 14.9 Å². The molecule has 1 aliphatic heterocycles. The first-order chi connectivity index (χ1) is 11.6. The quantitative estimate of drug-likeness (QED) is 0.921. The second kappa shape index (κ2) is 5.83. The first-order valence-electron chi connectivity index (χ1n) is 8.99. The summed E-state index contributed by atoms with van der Waals surface area (Å²) in [5.41, 5.74) is -0.351. The van der Waals surface area contributed by atoms with Crippen LogP contribution in [0, 0.1) is 5.41 Å². The van der Waals surface area contributed by atoms with Gasteiger partial charge in [0.25, 0.3) is 5.91 Å². The molecule has 3 fully saturated rings. The Kier molecular flexibility index (Phi) is 3.77. The van der Waals surface area contributed by atoms with Gasteiger partial charge in [0.1, 0.15) is 11.5 Å². The average molecular weight is 329 g/mol. The molecule has 1 aromatic heterocycles. The summed E-state index contributed by atoms with van der Waals surface area (Å²) in [6.07, 6.45) is 8.81. The third-order valence-electron chi connectivity index (χ3n) is 5.94. The monoisotopic (exact) mass is 329 g/mol. The molecule has 24 heavy (non-hydrogen) atoms. The molecule has 128 valence electrons. The summed E-state index contributed by atoms with van der Waals surface area (Å²) in [6, 6.07) is 1.45. The fourth-order valence-electron chi connectivity index (χ4n) is 4.40. The van der Waals surface area contributed by atoms with Gasteiger partial charge >= 0.3 is 5.97 Å². The molecule has 2 atom stereocenters. The van der Waals surface area contributed by atoms with Crippen LogP contribution in [0.3, 0.4) is 0 Å². The number of aliphatic carboxylic acids is 1. The zero-order chi connectivity index (χ0) is 16.7. The number of carbonyl (C=O) groups excluding carboxylic acids is 1. The molecule has 0 radical (unpaired) electrons. The number of likely N-dealkylation sites (tertiary alicyclic amines) is 1. The zero-order valence-electron chi connectivity index (χ0n) is 13.8. The average Bonchev–Trinajstić information content (AvgIpc) is 3.40. The van der Waals surface area contributed by atoms with Crippen molar-refractivity contribution in [3.05, 3.63) is 23.8 Å². The van der Waals surface area contributed by atoms with E-state index in [4.69, 9.17) is 0 Å². The smallest absolute Gasteiger partial charge is 0.311 e. The van der Waals surface area contributed by atoms with Gasteiger partial charge < -0.3 is 10.0 Å². The Balaban J connectivity index is 1.62. The molecule has 6 heteroatoms. The summed E-state index contributed by atoms with van der Waals surface area (Å²) in [4.78, 5) is 35.5. The Labute approximate surface area is 141 Å². The highest BCUT2D eigenvalue weighted by Gasteiger charge is 2.54. The lowest BCUT2D eigenvalue weighted by molar-refractivity contribution is -0.150. The van der Waals surface area contributed by atoms with Crippen molar-refractivity contribution in [2.45, 2.75) is 63.3 Å². The van der Waals surface area contributed by atoms with Crippen LogP contribution in [0.4, 0.5) is 0 Å². The lowest BCUT2D eigenvalue weighted by atomic mass is 9.76. The fourth-order valence-corrected chi connectivity index (χ4v) is 4.40. The van der Waals surface area contributed by atoms with E-state index in [-0.39, 0.29) is 11.9 Å². The lowest BCUT2D eigenvalue weighted by Crippen LogP contribution is -2.46. The van der Waals surface area contributed by atoms with Crippen molar-refractivity contribution < 1.29 is 14.7 Å². The van der Waals surface area contributed by atoms with Crippen molar-refractivity contribution >= 4 is 11.9 Å². The standard InChI is InChI=1S/C18H23N3O3/c22-16(13-7-10-19-15(20-13)12-5-6-12)21-11-9-18(17(23)24)8-3-1-2-4-14(18)21/h7,10,12,14H,1-6,8-9,11H2,(H,23,24)/t14-,18+/m0/s1. The molecule has 0 spiro atoms. The third kappa shape index (κ3) is 2.48. The van der Waals surface area contributed by atoms with Gasteiger partial charge in [0.05, 0.1) is 5.41 Å². The van der Waals surface area contributed by atoms with Gasteiger partial charge in [0.2, 0.25) is 0 Å². The highest BCUT2D eigenvalue weighted by atomic mass is 16.4. The molecule has 6 nitrogen and oxygen atoms in total. The highest BCUT2D eigenvalue weighted by Crippen LogP contribution is 2.46. The summed E-state index contributed by atoms with van der Waals surface area (Å²) in [5.74, 6) is 0.276. The molecule has 1 amide bonds. The molecule has 1 N–H and O–H groups in total. The molecular weight excluding hydrogens is 306 g/mol. The van der Waals surface area contributed by atoms with Crippen LogP contribution in [-0.4, -0.2) is 44.4 Å². The van der Waals surface area contributed by atoms with Crippen LogP contribution in [0.15, 0.2) is 12.3 Å². The van der Waals surface area contributed by atoms with Gasteiger partial charge in [-0.15, -0.1) is 0 Å². The fraction of sp³-hybridized carbons (Fsp3) is 0.667. The lowest BCUT2D eigenvalue weighted by Gasteiger charge is -2.33. The van der Waals surface area contributed by atoms with Crippen LogP contribution in [0.1, 0.15) is 73.6 Å². The van der Waals surface area contributed by atoms with E-state index in [1.807, 2.05) is 0 Å². The molecular formula is C18H23N3O3. The van der Waals surface area contributed by atoms with Crippen molar-refractivity contribution in [2.24, 2.45) is 5.41 Å². The number of carboxylic acids is 1. The summed E-state index contributed by atoms with van der Waals surface area (Å²) in [6.45, 7) is 0.512. The number of carboxylic acid groups (broad SMARTS) is 1. The topological polar surface area (TPSA) is 83.4 Å². The van der Waals surface area contributed by atoms with Crippen LogP contribution in [0.2, 0.25) is 0 Å². The van der Waals surface area contributed by atoms with Gasteiger partial charge in [-0.2, -0.15) is 0 Å². The second-order valence-electron chi connectivity index (χ2n) is 7.40. The van der Waals surface area contributed by atoms with E-state index in [2.05, 4.69) is 9.97 Å². The minimum Gasteiger partial charge on any atom is -0.481 e. The molecule has 0 aromatic carbocycles. The number of hydrogen-bond donors (Lipinski definition) is 1. The second-order valence-corrected chi connectivity index (χ2v) is 7.40. The number of rotatable bonds is 3. The molecule has 0 unspecified atom stereocenters. The Morgan fingerprint density at radius 1 is 1.17 bits per heavy atom. The van der Waals surface area contributed by atoms with Crippen LogP contribution in [-0.2, 0) is 4.79 Å². The van der Waals surface area contributed by atoms with E-state index in [1.54, 1.807) is 17.2 Å². The zero-order valence-corrected chi connectivity index (χ0v) is 13.8. The SMILES string of the molecule is O=C(c1ccnc(C2CC2)n1)N1CC[C@]2(C(=O)O)CCCCC[C@H]12. The summed E-state index contributed by atoms with van der Waals surface area (Å²) in [5, 5.41) is 9.86. The predicted molar refractivity (Wildman–Crippen MR) is 86.6 cm³/mol. The number of fused-ring (bicyclic) bond motifs is 1. The van der Waals surface area contributed by atoms with E-state index < -0.39 is 11.4 Å². The molecule has 4 rings (SSSR count). The van der Waals surface area contributed by atoms with Crippen molar-refractivity contribution in [2.75, 3.05) is 6.54 Å². The minimum absolute atomic E-state index is 0.130. The van der Waals surface area contributed by atoms with Crippen molar-refractivity contribution in [1.29, 1.82) is 0 Å². The number of hydrogen-bond acceptors (Lipinski definition) is 4. The molecule has 1 aromatic rings. The maximum absolute atomic E-state index is 13.0. The van der Waals surface area contributed by atoms with Crippen LogP contribution >= 0.6 is 0 Å². The van der Waals surface area contributed by atoms with Crippen LogP contribution in [0.25, 0.3) is 0 Å². The molecule has 3 aliphatic rings. The van der Waals surface area contributed by atoms with E-state index in [0.29, 0.717) is 31.0 Å². The largest absolute Gasteiger partial charge is 0.481 e. The van der Waals surface area contributed by atoms with E-state index in [1.165, 1.54) is 0 Å². The first-order valence-corrected chi connectivity index (χ1v) is 8.99. The van der Waals surface area contributed by atoms with Gasteiger partial charge in [-0.3, -0.25) is 9.59 Å². The Morgan fingerprint density at radius 3 is 2.75 bits per heavy atom. The molecule has 1 saturated heterocycles. The predicted octanol–water partition coefficient (Wildman–Crippen LogP) is 2.60. The maximum Gasteiger partial charge on any atom is 0.311 e. The van der Waals surface area contributed by atoms with Gasteiger partial charge in [-0.05, 0) is 38.2 Å². The normalized spacial score (nSPS) is 29.8. The van der Waals surface area contributed by atoms with Crippen molar-refractivity contribution in [3.8, 4) is 0 Å². The summed E-state index contributed by atoms with van der Waals surface area (Å²) in [7, 11) is 0. The highest BCUT2D eigenvalue weighted by molar-refractivity contribution is 5.93. The van der Waals surface area contributed by atoms with Gasteiger partial charge in [-0.1, -0.05) is 19.3 Å². The third-order valence-corrected chi connectivity index (χ3v) is 5.94. The van der Waals surface area contributed by atoms with Crippen LogP contribution in [0.5, 0.6) is 0 Å². The minimum atomic E-state index is -0.765. The first kappa shape index (κ1) is 15.5. The Hall–Kier alpha value is -1.98. The molecule has 2 heterocycles. The van der Waals surface area contributed by atoms with Gasteiger partial charge in [0, 0.05) is 24.7 Å². The van der Waals surface area contributed by atoms with Crippen molar-refractivity contribution in [3.63, 3.8) is 0 Å². The Morgan fingerprint density at radius 2 is 2.00 bits per heavy atom. The number of amides is 1. The van der Waals surface area contributed by atoms with Gasteiger partial charge in [0.15, 0.2) is 0 Å². The molecule has 0 bridgehead atoms. The van der Waals surface area contributed by atoms with E-state index in [9.17, 15) is 14.7 Å². The van der Waals surface area contributed by atoms with E-state index >= 15 is 0 Å². The van der Waals surface area contributed by atoms with Gasteiger partial charge in [-0.25, -0.2) is 9.97 Å².